The first-order valence-corrected chi connectivity index (χ1v) is 8.16. The molecule has 24 heavy (non-hydrogen) atoms. The summed E-state index contributed by atoms with van der Waals surface area (Å²) in [4.78, 5) is 23.4. The third-order valence-electron chi connectivity index (χ3n) is 3.86. The summed E-state index contributed by atoms with van der Waals surface area (Å²) in [6.45, 7) is 3.57. The Bertz CT molecular complexity index is 733. The van der Waals surface area contributed by atoms with E-state index in [1.54, 1.807) is 6.20 Å². The molecule has 3 rings (SSSR count). The number of pyridine rings is 2. The van der Waals surface area contributed by atoms with Gasteiger partial charge in [0.15, 0.2) is 0 Å². The van der Waals surface area contributed by atoms with Crippen molar-refractivity contribution in [1.29, 1.82) is 0 Å². The van der Waals surface area contributed by atoms with Crippen LogP contribution in [0, 0.1) is 10.1 Å². The van der Waals surface area contributed by atoms with E-state index in [1.165, 1.54) is 12.3 Å². The van der Waals surface area contributed by atoms with Gasteiger partial charge in [-0.1, -0.05) is 23.2 Å². The van der Waals surface area contributed by atoms with Gasteiger partial charge < -0.3 is 4.90 Å². The fourth-order valence-corrected chi connectivity index (χ4v) is 2.91. The summed E-state index contributed by atoms with van der Waals surface area (Å²) in [6.07, 6.45) is 3.07. The third kappa shape index (κ3) is 3.92. The Morgan fingerprint density at radius 3 is 2.42 bits per heavy atom. The van der Waals surface area contributed by atoms with Crippen LogP contribution in [0.3, 0.4) is 0 Å². The highest BCUT2D eigenvalue weighted by atomic mass is 35.5. The third-order valence-corrected chi connectivity index (χ3v) is 4.29. The van der Waals surface area contributed by atoms with Crippen LogP contribution in [0.5, 0.6) is 0 Å². The van der Waals surface area contributed by atoms with Crippen LogP contribution in [0.4, 0.5) is 11.5 Å². The summed E-state index contributed by atoms with van der Waals surface area (Å²) in [6, 6.07) is 5.06. The Kier molecular flexibility index (Phi) is 5.13. The van der Waals surface area contributed by atoms with Crippen molar-refractivity contribution in [3.63, 3.8) is 0 Å². The summed E-state index contributed by atoms with van der Waals surface area (Å²) in [5, 5.41) is 12.1. The van der Waals surface area contributed by atoms with Crippen molar-refractivity contribution in [3.8, 4) is 0 Å². The number of nitrogens with zero attached hydrogens (tertiary/aromatic N) is 5. The van der Waals surface area contributed by atoms with E-state index in [4.69, 9.17) is 23.2 Å². The molecule has 0 aromatic carbocycles. The highest BCUT2D eigenvalue weighted by Gasteiger charge is 2.25. The summed E-state index contributed by atoms with van der Waals surface area (Å²) in [7, 11) is 0. The number of piperazine rings is 1. The van der Waals surface area contributed by atoms with Crippen LogP contribution in [-0.4, -0.2) is 46.0 Å². The molecule has 126 valence electrons. The predicted octanol–water partition coefficient (Wildman–Crippen LogP) is 3.01. The van der Waals surface area contributed by atoms with Crippen molar-refractivity contribution in [2.24, 2.45) is 0 Å². The molecule has 1 saturated heterocycles. The highest BCUT2D eigenvalue weighted by molar-refractivity contribution is 6.30. The fourth-order valence-electron chi connectivity index (χ4n) is 2.65. The van der Waals surface area contributed by atoms with E-state index in [1.807, 2.05) is 17.0 Å². The summed E-state index contributed by atoms with van der Waals surface area (Å²) >= 11 is 11.7. The average molecular weight is 368 g/mol. The molecule has 0 amide bonds. The van der Waals surface area contributed by atoms with Crippen LogP contribution < -0.4 is 4.90 Å². The van der Waals surface area contributed by atoms with Crippen molar-refractivity contribution in [1.82, 2.24) is 14.9 Å². The molecule has 0 saturated carbocycles. The number of aromatic nitrogens is 2. The lowest BCUT2D eigenvalue weighted by atomic mass is 10.2. The van der Waals surface area contributed by atoms with Gasteiger partial charge in [0.25, 0.3) is 0 Å². The zero-order valence-electron chi connectivity index (χ0n) is 12.7. The van der Waals surface area contributed by atoms with Gasteiger partial charge in [0.2, 0.25) is 5.82 Å². The Hall–Kier alpha value is -1.96. The number of nitro groups is 1. The molecule has 2 aromatic heterocycles. The fraction of sp³-hybridized carbons (Fsp3) is 0.333. The first-order valence-electron chi connectivity index (χ1n) is 7.40. The SMILES string of the molecule is O=[N+]([O-])c1cc(Cl)cnc1N1CCN(Cc2ccc(Cl)cn2)CC1. The van der Waals surface area contributed by atoms with Gasteiger partial charge in [0.1, 0.15) is 0 Å². The molecule has 0 atom stereocenters. The van der Waals surface area contributed by atoms with Crippen molar-refractivity contribution in [2.75, 3.05) is 31.1 Å². The molecular weight excluding hydrogens is 353 g/mol. The van der Waals surface area contributed by atoms with Gasteiger partial charge in [-0.3, -0.25) is 20.0 Å². The minimum Gasteiger partial charge on any atom is -0.348 e. The second-order valence-electron chi connectivity index (χ2n) is 5.48. The molecule has 3 heterocycles. The monoisotopic (exact) mass is 367 g/mol. The molecule has 7 nitrogen and oxygen atoms in total. The first kappa shape index (κ1) is 16.9. The van der Waals surface area contributed by atoms with Gasteiger partial charge in [0.05, 0.1) is 20.7 Å². The molecule has 1 aliphatic rings. The Labute approximate surface area is 149 Å². The molecule has 0 unspecified atom stereocenters. The smallest absolute Gasteiger partial charge is 0.313 e. The molecule has 1 aliphatic heterocycles. The molecule has 1 fully saturated rings. The Morgan fingerprint density at radius 2 is 1.79 bits per heavy atom. The van der Waals surface area contributed by atoms with Gasteiger partial charge in [-0.15, -0.1) is 0 Å². The maximum atomic E-state index is 11.2. The van der Waals surface area contributed by atoms with E-state index < -0.39 is 4.92 Å². The van der Waals surface area contributed by atoms with Crippen molar-refractivity contribution < 1.29 is 4.92 Å². The minimum atomic E-state index is -0.446. The zero-order valence-corrected chi connectivity index (χ0v) is 14.2. The number of halogens is 2. The van der Waals surface area contributed by atoms with Gasteiger partial charge in [-0.25, -0.2) is 4.98 Å². The Morgan fingerprint density at radius 1 is 1.08 bits per heavy atom. The van der Waals surface area contributed by atoms with E-state index >= 15 is 0 Å². The van der Waals surface area contributed by atoms with Gasteiger partial charge in [-0.05, 0) is 12.1 Å². The average Bonchev–Trinajstić information content (AvgIpc) is 2.58. The van der Waals surface area contributed by atoms with E-state index in [0.717, 1.165) is 25.3 Å². The van der Waals surface area contributed by atoms with Crippen LogP contribution in [0.1, 0.15) is 5.69 Å². The summed E-state index contributed by atoms with van der Waals surface area (Å²) in [5.74, 6) is 0.369. The Balaban J connectivity index is 1.65. The lowest BCUT2D eigenvalue weighted by molar-refractivity contribution is -0.384. The molecule has 0 N–H and O–H groups in total. The second kappa shape index (κ2) is 7.29. The first-order chi connectivity index (χ1) is 11.5. The summed E-state index contributed by atoms with van der Waals surface area (Å²) < 4.78 is 0. The van der Waals surface area contributed by atoms with E-state index in [-0.39, 0.29) is 10.7 Å². The number of anilines is 1. The molecule has 0 radical (unpaired) electrons. The lowest BCUT2D eigenvalue weighted by Gasteiger charge is -2.34. The molecule has 9 heteroatoms. The zero-order chi connectivity index (χ0) is 17.1. The second-order valence-corrected chi connectivity index (χ2v) is 6.36. The normalized spacial score (nSPS) is 15.5. The van der Waals surface area contributed by atoms with Gasteiger partial charge >= 0.3 is 5.69 Å². The van der Waals surface area contributed by atoms with Crippen LogP contribution in [0.25, 0.3) is 0 Å². The summed E-state index contributed by atoms with van der Waals surface area (Å²) in [5.41, 5.74) is 0.888. The minimum absolute atomic E-state index is 0.0599. The quantitative estimate of drug-likeness (QED) is 0.610. The predicted molar refractivity (Wildman–Crippen MR) is 92.6 cm³/mol. The van der Waals surface area contributed by atoms with Crippen LogP contribution in [0.15, 0.2) is 30.6 Å². The topological polar surface area (TPSA) is 75.4 Å². The van der Waals surface area contributed by atoms with E-state index in [2.05, 4.69) is 14.9 Å². The van der Waals surface area contributed by atoms with Gasteiger partial charge in [-0.2, -0.15) is 0 Å². The maximum Gasteiger partial charge on any atom is 0.313 e. The molecular formula is C15H15Cl2N5O2. The van der Waals surface area contributed by atoms with Crippen LogP contribution >= 0.6 is 23.2 Å². The largest absolute Gasteiger partial charge is 0.348 e. The molecule has 0 spiro atoms. The number of rotatable bonds is 4. The molecule has 0 aliphatic carbocycles. The van der Waals surface area contributed by atoms with Crippen molar-refractivity contribution in [3.05, 3.63) is 56.4 Å². The number of hydrogen-bond donors (Lipinski definition) is 0. The lowest BCUT2D eigenvalue weighted by Crippen LogP contribution is -2.46. The van der Waals surface area contributed by atoms with Gasteiger partial charge in [0, 0.05) is 51.2 Å². The molecule has 0 bridgehead atoms. The maximum absolute atomic E-state index is 11.2. The van der Waals surface area contributed by atoms with Crippen molar-refractivity contribution >= 4 is 34.7 Å². The standard InChI is InChI=1S/C15H15Cl2N5O2/c16-11-1-2-13(18-8-11)10-20-3-5-21(6-4-20)15-14(22(23)24)7-12(17)9-19-15/h1-2,7-9H,3-6,10H2. The van der Waals surface area contributed by atoms with E-state index in [0.29, 0.717) is 23.9 Å². The number of hydrogen-bond acceptors (Lipinski definition) is 6. The van der Waals surface area contributed by atoms with Crippen LogP contribution in [-0.2, 0) is 6.54 Å². The van der Waals surface area contributed by atoms with E-state index in [9.17, 15) is 10.1 Å². The molecule has 2 aromatic rings. The highest BCUT2D eigenvalue weighted by Crippen LogP contribution is 2.29. The van der Waals surface area contributed by atoms with Crippen molar-refractivity contribution in [2.45, 2.75) is 6.54 Å². The van der Waals surface area contributed by atoms with Crippen LogP contribution in [0.2, 0.25) is 10.0 Å².